The fraction of sp³-hybridized carbons (Fsp3) is 0.294. The lowest BCUT2D eigenvalue weighted by Crippen LogP contribution is -2.11. The van der Waals surface area contributed by atoms with Gasteiger partial charge in [0.1, 0.15) is 11.5 Å². The second-order valence-corrected chi connectivity index (χ2v) is 6.43. The molecule has 1 nitrogen and oxygen atoms in total. The number of alkyl halides is 3. The third-order valence-corrected chi connectivity index (χ3v) is 3.46. The van der Waals surface area contributed by atoms with Crippen molar-refractivity contribution >= 4 is 11.6 Å². The van der Waals surface area contributed by atoms with Crippen molar-refractivity contribution in [3.05, 3.63) is 58.6 Å². The minimum atomic E-state index is -4.40. The highest BCUT2D eigenvalue weighted by molar-refractivity contribution is 6.31. The molecular formula is C17H16ClF3O. The Morgan fingerprint density at radius 1 is 0.909 bits per heavy atom. The Balaban J connectivity index is 2.27. The zero-order valence-electron chi connectivity index (χ0n) is 12.5. The fourth-order valence-corrected chi connectivity index (χ4v) is 2.49. The molecular weight excluding hydrogens is 313 g/mol. The van der Waals surface area contributed by atoms with E-state index in [4.69, 9.17) is 16.3 Å². The quantitative estimate of drug-likeness (QED) is 0.615. The van der Waals surface area contributed by atoms with Gasteiger partial charge in [0.2, 0.25) is 0 Å². The maximum atomic E-state index is 12.7. The third-order valence-electron chi connectivity index (χ3n) is 3.15. The summed E-state index contributed by atoms with van der Waals surface area (Å²) in [6.07, 6.45) is -4.40. The molecule has 0 atom stereocenters. The van der Waals surface area contributed by atoms with Crippen LogP contribution in [-0.2, 0) is 11.6 Å². The van der Waals surface area contributed by atoms with E-state index in [1.807, 2.05) is 26.8 Å². The zero-order chi connectivity index (χ0) is 16.5. The Hall–Kier alpha value is -1.68. The number of halogens is 4. The van der Waals surface area contributed by atoms with Gasteiger partial charge in [0, 0.05) is 5.02 Å². The molecule has 22 heavy (non-hydrogen) atoms. The molecule has 0 aliphatic heterocycles. The maximum Gasteiger partial charge on any atom is 0.416 e. The highest BCUT2D eigenvalue weighted by Gasteiger charge is 2.30. The van der Waals surface area contributed by atoms with Crippen LogP contribution in [0.4, 0.5) is 13.2 Å². The van der Waals surface area contributed by atoms with E-state index in [-0.39, 0.29) is 11.2 Å². The van der Waals surface area contributed by atoms with E-state index in [1.165, 1.54) is 12.1 Å². The van der Waals surface area contributed by atoms with Gasteiger partial charge in [-0.3, -0.25) is 0 Å². The van der Waals surface area contributed by atoms with E-state index in [0.717, 1.165) is 17.7 Å². The maximum absolute atomic E-state index is 12.7. The molecule has 0 radical (unpaired) electrons. The Bertz CT molecular complexity index is 672. The highest BCUT2D eigenvalue weighted by atomic mass is 35.5. The van der Waals surface area contributed by atoms with Crippen molar-refractivity contribution in [2.75, 3.05) is 0 Å². The van der Waals surface area contributed by atoms with E-state index >= 15 is 0 Å². The average Bonchev–Trinajstić information content (AvgIpc) is 2.36. The van der Waals surface area contributed by atoms with Gasteiger partial charge >= 0.3 is 6.18 Å². The summed E-state index contributed by atoms with van der Waals surface area (Å²) >= 11 is 6.22. The summed E-state index contributed by atoms with van der Waals surface area (Å²) < 4.78 is 43.5. The molecule has 118 valence electrons. The highest BCUT2D eigenvalue weighted by Crippen LogP contribution is 2.35. The summed E-state index contributed by atoms with van der Waals surface area (Å²) in [5.74, 6) is 0.520. The molecule has 0 spiro atoms. The van der Waals surface area contributed by atoms with Crippen molar-refractivity contribution in [3.63, 3.8) is 0 Å². The smallest absolute Gasteiger partial charge is 0.416 e. The molecule has 0 unspecified atom stereocenters. The number of hydrogen-bond acceptors (Lipinski definition) is 1. The van der Waals surface area contributed by atoms with Crippen LogP contribution in [0.25, 0.3) is 0 Å². The summed E-state index contributed by atoms with van der Waals surface area (Å²) in [6, 6.07) is 9.89. The minimum Gasteiger partial charge on any atom is -0.457 e. The lowest BCUT2D eigenvalue weighted by atomic mass is 9.87. The van der Waals surface area contributed by atoms with Crippen LogP contribution in [0.5, 0.6) is 11.5 Å². The molecule has 0 heterocycles. The second-order valence-electron chi connectivity index (χ2n) is 6.02. The Kier molecular flexibility index (Phi) is 4.43. The van der Waals surface area contributed by atoms with Crippen LogP contribution in [0.3, 0.4) is 0 Å². The SMILES string of the molecule is CC(C)(C)c1ccc(Oc2cccc(C(F)(F)F)c2)cc1Cl. The van der Waals surface area contributed by atoms with E-state index in [1.54, 1.807) is 12.1 Å². The number of hydrogen-bond donors (Lipinski definition) is 0. The monoisotopic (exact) mass is 328 g/mol. The zero-order valence-corrected chi connectivity index (χ0v) is 13.2. The lowest BCUT2D eigenvalue weighted by molar-refractivity contribution is -0.137. The number of benzene rings is 2. The molecule has 2 rings (SSSR count). The van der Waals surface area contributed by atoms with Crippen molar-refractivity contribution in [1.82, 2.24) is 0 Å². The standard InChI is InChI=1S/C17H16ClF3O/c1-16(2,3)14-8-7-13(10-15(14)18)22-12-6-4-5-11(9-12)17(19,20)21/h4-10H,1-3H3. The van der Waals surface area contributed by atoms with Crippen LogP contribution in [0.15, 0.2) is 42.5 Å². The molecule has 0 N–H and O–H groups in total. The number of ether oxygens (including phenoxy) is 1. The van der Waals surface area contributed by atoms with Crippen LogP contribution in [0.1, 0.15) is 31.9 Å². The topological polar surface area (TPSA) is 9.23 Å². The molecule has 2 aromatic carbocycles. The Morgan fingerprint density at radius 2 is 1.55 bits per heavy atom. The van der Waals surface area contributed by atoms with Gasteiger partial charge in [0.15, 0.2) is 0 Å². The van der Waals surface area contributed by atoms with E-state index < -0.39 is 11.7 Å². The second kappa shape index (κ2) is 5.84. The van der Waals surface area contributed by atoms with Gasteiger partial charge in [-0.05, 0) is 41.3 Å². The Morgan fingerprint density at radius 3 is 2.09 bits per heavy atom. The average molecular weight is 329 g/mol. The van der Waals surface area contributed by atoms with Crippen LogP contribution in [0, 0.1) is 0 Å². The van der Waals surface area contributed by atoms with Crippen molar-refractivity contribution in [2.45, 2.75) is 32.4 Å². The lowest BCUT2D eigenvalue weighted by Gasteiger charge is -2.21. The summed E-state index contributed by atoms with van der Waals surface area (Å²) in [5, 5.41) is 0.525. The molecule has 0 amide bonds. The molecule has 0 aromatic heterocycles. The third kappa shape index (κ3) is 3.95. The van der Waals surface area contributed by atoms with Gasteiger partial charge in [-0.2, -0.15) is 13.2 Å². The van der Waals surface area contributed by atoms with Gasteiger partial charge in [-0.25, -0.2) is 0 Å². The molecule has 2 aromatic rings. The Labute approximate surface area is 132 Å². The van der Waals surface area contributed by atoms with Crippen molar-refractivity contribution < 1.29 is 17.9 Å². The van der Waals surface area contributed by atoms with Gasteiger partial charge in [0.05, 0.1) is 5.56 Å². The first-order chi connectivity index (χ1) is 10.1. The van der Waals surface area contributed by atoms with Crippen LogP contribution < -0.4 is 4.74 Å². The van der Waals surface area contributed by atoms with Crippen LogP contribution in [-0.4, -0.2) is 0 Å². The van der Waals surface area contributed by atoms with E-state index in [9.17, 15) is 13.2 Å². The van der Waals surface area contributed by atoms with E-state index in [0.29, 0.717) is 10.8 Å². The molecule has 0 bridgehead atoms. The van der Waals surface area contributed by atoms with Crippen molar-refractivity contribution in [3.8, 4) is 11.5 Å². The first kappa shape index (κ1) is 16.7. The van der Waals surface area contributed by atoms with Crippen LogP contribution in [0.2, 0.25) is 5.02 Å². The summed E-state index contributed by atoms with van der Waals surface area (Å²) in [7, 11) is 0. The molecule has 0 aliphatic carbocycles. The fourth-order valence-electron chi connectivity index (χ4n) is 2.04. The van der Waals surface area contributed by atoms with Gasteiger partial charge in [-0.1, -0.05) is 44.5 Å². The molecule has 0 fully saturated rings. The number of rotatable bonds is 2. The van der Waals surface area contributed by atoms with Gasteiger partial charge in [0.25, 0.3) is 0 Å². The largest absolute Gasteiger partial charge is 0.457 e. The molecule has 0 saturated heterocycles. The summed E-state index contributed by atoms with van der Waals surface area (Å²) in [6.45, 7) is 6.09. The minimum absolute atomic E-state index is 0.119. The van der Waals surface area contributed by atoms with Crippen molar-refractivity contribution in [2.24, 2.45) is 0 Å². The summed E-state index contributed by atoms with van der Waals surface area (Å²) in [5.41, 5.74) is 0.0826. The normalized spacial score (nSPS) is 12.3. The molecule has 5 heteroatoms. The van der Waals surface area contributed by atoms with Crippen LogP contribution >= 0.6 is 11.6 Å². The predicted octanol–water partition coefficient (Wildman–Crippen LogP) is 6.45. The van der Waals surface area contributed by atoms with E-state index in [2.05, 4.69) is 0 Å². The van der Waals surface area contributed by atoms with Gasteiger partial charge < -0.3 is 4.74 Å². The van der Waals surface area contributed by atoms with Gasteiger partial charge in [-0.15, -0.1) is 0 Å². The first-order valence-electron chi connectivity index (χ1n) is 6.72. The first-order valence-corrected chi connectivity index (χ1v) is 7.10. The predicted molar refractivity (Wildman–Crippen MR) is 81.7 cm³/mol. The summed E-state index contributed by atoms with van der Waals surface area (Å²) in [4.78, 5) is 0. The molecule has 0 aliphatic rings. The molecule has 0 saturated carbocycles. The van der Waals surface area contributed by atoms with Crippen molar-refractivity contribution in [1.29, 1.82) is 0 Å².